The van der Waals surface area contributed by atoms with Crippen LogP contribution < -0.4 is 0 Å². The van der Waals surface area contributed by atoms with Gasteiger partial charge < -0.3 is 4.74 Å². The number of carbonyl (C=O) groups is 1. The zero-order valence-corrected chi connectivity index (χ0v) is 12.7. The molecule has 3 nitrogen and oxygen atoms in total. The van der Waals surface area contributed by atoms with Gasteiger partial charge in [0.15, 0.2) is 5.78 Å². The summed E-state index contributed by atoms with van der Waals surface area (Å²) in [4.78, 5) is 12.1. The van der Waals surface area contributed by atoms with Crippen LogP contribution in [0.25, 0.3) is 0 Å². The summed E-state index contributed by atoms with van der Waals surface area (Å²) >= 11 is 11.8. The SMILES string of the molecule is CC1OCCC1S(=O)CC(=O)c1cc(Cl)ccc1Cl. The van der Waals surface area contributed by atoms with Crippen LogP contribution in [0.1, 0.15) is 23.7 Å². The molecule has 19 heavy (non-hydrogen) atoms. The van der Waals surface area contributed by atoms with Gasteiger partial charge in [-0.2, -0.15) is 0 Å². The van der Waals surface area contributed by atoms with Crippen molar-refractivity contribution in [1.82, 2.24) is 0 Å². The summed E-state index contributed by atoms with van der Waals surface area (Å²) in [7, 11) is -1.25. The number of ether oxygens (including phenoxy) is 1. The van der Waals surface area contributed by atoms with Gasteiger partial charge in [0.05, 0.1) is 22.1 Å². The summed E-state index contributed by atoms with van der Waals surface area (Å²) in [5.74, 6) is -0.289. The van der Waals surface area contributed by atoms with Gasteiger partial charge in [0.2, 0.25) is 0 Å². The van der Waals surface area contributed by atoms with Crippen molar-refractivity contribution in [3.63, 3.8) is 0 Å². The van der Waals surface area contributed by atoms with Crippen LogP contribution in [-0.4, -0.2) is 33.7 Å². The van der Waals surface area contributed by atoms with E-state index in [0.717, 1.165) is 6.42 Å². The molecule has 0 spiro atoms. The van der Waals surface area contributed by atoms with Gasteiger partial charge in [0, 0.05) is 28.0 Å². The topological polar surface area (TPSA) is 43.4 Å². The van der Waals surface area contributed by atoms with Crippen molar-refractivity contribution in [3.8, 4) is 0 Å². The molecule has 0 saturated carbocycles. The maximum absolute atomic E-state index is 12.2. The Bertz CT molecular complexity index is 519. The lowest BCUT2D eigenvalue weighted by Gasteiger charge is -2.13. The van der Waals surface area contributed by atoms with Crippen LogP contribution in [0.4, 0.5) is 0 Å². The molecule has 2 rings (SSSR count). The minimum atomic E-state index is -1.25. The minimum Gasteiger partial charge on any atom is -0.377 e. The molecule has 1 aliphatic heterocycles. The average Bonchev–Trinajstić information content (AvgIpc) is 2.78. The fourth-order valence-electron chi connectivity index (χ4n) is 2.08. The van der Waals surface area contributed by atoms with Crippen LogP contribution in [0, 0.1) is 0 Å². The number of rotatable bonds is 4. The zero-order chi connectivity index (χ0) is 14.0. The lowest BCUT2D eigenvalue weighted by atomic mass is 10.1. The smallest absolute Gasteiger partial charge is 0.176 e. The van der Waals surface area contributed by atoms with E-state index in [4.69, 9.17) is 27.9 Å². The molecule has 3 unspecified atom stereocenters. The molecular formula is C13H14Cl2O3S. The number of ketones is 1. The van der Waals surface area contributed by atoms with Crippen molar-refractivity contribution in [2.45, 2.75) is 24.7 Å². The summed E-state index contributed by atoms with van der Waals surface area (Å²) in [6.07, 6.45) is 0.660. The Labute approximate surface area is 124 Å². The molecule has 3 atom stereocenters. The van der Waals surface area contributed by atoms with Crippen LogP contribution in [0.5, 0.6) is 0 Å². The first-order valence-electron chi connectivity index (χ1n) is 5.96. The second-order valence-electron chi connectivity index (χ2n) is 4.48. The molecule has 0 N–H and O–H groups in total. The van der Waals surface area contributed by atoms with E-state index < -0.39 is 10.8 Å². The maximum atomic E-state index is 12.2. The van der Waals surface area contributed by atoms with E-state index in [1.54, 1.807) is 12.1 Å². The molecular weight excluding hydrogens is 307 g/mol. The van der Waals surface area contributed by atoms with Crippen LogP contribution in [0.3, 0.4) is 0 Å². The van der Waals surface area contributed by atoms with Gasteiger partial charge in [-0.3, -0.25) is 9.00 Å². The van der Waals surface area contributed by atoms with Gasteiger partial charge in [-0.15, -0.1) is 0 Å². The van der Waals surface area contributed by atoms with Gasteiger partial charge in [-0.1, -0.05) is 23.2 Å². The molecule has 1 saturated heterocycles. The highest BCUT2D eigenvalue weighted by Gasteiger charge is 2.31. The average molecular weight is 321 g/mol. The molecule has 1 aliphatic rings. The summed E-state index contributed by atoms with van der Waals surface area (Å²) in [5.41, 5.74) is 0.328. The maximum Gasteiger partial charge on any atom is 0.176 e. The predicted molar refractivity (Wildman–Crippen MR) is 77.6 cm³/mol. The largest absolute Gasteiger partial charge is 0.377 e. The van der Waals surface area contributed by atoms with Crippen molar-refractivity contribution in [3.05, 3.63) is 33.8 Å². The van der Waals surface area contributed by atoms with Crippen molar-refractivity contribution < 1.29 is 13.7 Å². The van der Waals surface area contributed by atoms with Crippen molar-refractivity contribution >= 4 is 39.8 Å². The summed E-state index contributed by atoms with van der Waals surface area (Å²) < 4.78 is 17.5. The molecule has 104 valence electrons. The van der Waals surface area contributed by atoms with E-state index >= 15 is 0 Å². The molecule has 1 heterocycles. The summed E-state index contributed by atoms with van der Waals surface area (Å²) in [5, 5.41) is 0.695. The number of hydrogen-bond acceptors (Lipinski definition) is 3. The summed E-state index contributed by atoms with van der Waals surface area (Å²) in [6, 6.07) is 4.70. The van der Waals surface area contributed by atoms with Gasteiger partial charge in [0.25, 0.3) is 0 Å². The molecule has 1 aromatic rings. The highest BCUT2D eigenvalue weighted by Crippen LogP contribution is 2.23. The van der Waals surface area contributed by atoms with Gasteiger partial charge in [0.1, 0.15) is 0 Å². The fourth-order valence-corrected chi connectivity index (χ4v) is 3.97. The normalized spacial score (nSPS) is 24.4. The van der Waals surface area contributed by atoms with E-state index in [0.29, 0.717) is 22.2 Å². The molecule has 0 aliphatic carbocycles. The van der Waals surface area contributed by atoms with E-state index in [-0.39, 0.29) is 22.9 Å². The second kappa shape index (κ2) is 6.35. The van der Waals surface area contributed by atoms with Crippen LogP contribution in [0.2, 0.25) is 10.0 Å². The quantitative estimate of drug-likeness (QED) is 0.801. The molecule has 0 amide bonds. The Kier molecular flexibility index (Phi) is 5.01. The first kappa shape index (κ1) is 15.0. The van der Waals surface area contributed by atoms with E-state index in [1.807, 2.05) is 6.92 Å². The highest BCUT2D eigenvalue weighted by molar-refractivity contribution is 7.86. The molecule has 0 bridgehead atoms. The molecule has 0 aromatic heterocycles. The Morgan fingerprint density at radius 1 is 1.47 bits per heavy atom. The third kappa shape index (κ3) is 3.57. The number of halogens is 2. The number of Topliss-reactive ketones (excluding diaryl/α,β-unsaturated/α-hetero) is 1. The number of benzene rings is 1. The molecule has 1 fully saturated rings. The van der Waals surface area contributed by atoms with Crippen molar-refractivity contribution in [1.29, 1.82) is 0 Å². The standard InChI is InChI=1S/C13H14Cl2O3S/c1-8-13(4-5-18-8)19(17)7-12(16)10-6-9(14)2-3-11(10)15/h2-3,6,8,13H,4-5,7H2,1H3. The molecule has 6 heteroatoms. The second-order valence-corrected chi connectivity index (χ2v) is 6.97. The number of carbonyl (C=O) groups excluding carboxylic acids is 1. The lowest BCUT2D eigenvalue weighted by molar-refractivity contribution is 0.102. The van der Waals surface area contributed by atoms with Crippen molar-refractivity contribution in [2.24, 2.45) is 0 Å². The monoisotopic (exact) mass is 320 g/mol. The first-order chi connectivity index (χ1) is 8.99. The van der Waals surface area contributed by atoms with E-state index in [9.17, 15) is 9.00 Å². The third-order valence-electron chi connectivity index (χ3n) is 3.15. The first-order valence-corrected chi connectivity index (χ1v) is 8.10. The van der Waals surface area contributed by atoms with Gasteiger partial charge in [-0.25, -0.2) is 0 Å². The number of hydrogen-bond donors (Lipinski definition) is 0. The zero-order valence-electron chi connectivity index (χ0n) is 10.4. The summed E-state index contributed by atoms with van der Waals surface area (Å²) in [6.45, 7) is 2.48. The molecule has 0 radical (unpaired) electrons. The molecule has 1 aromatic carbocycles. The Morgan fingerprint density at radius 2 is 2.21 bits per heavy atom. The van der Waals surface area contributed by atoms with Crippen LogP contribution >= 0.6 is 23.2 Å². The Morgan fingerprint density at radius 3 is 2.84 bits per heavy atom. The third-order valence-corrected chi connectivity index (χ3v) is 5.55. The van der Waals surface area contributed by atoms with Gasteiger partial charge in [-0.05, 0) is 31.5 Å². The van der Waals surface area contributed by atoms with E-state index in [2.05, 4.69) is 0 Å². The van der Waals surface area contributed by atoms with Crippen LogP contribution in [-0.2, 0) is 15.5 Å². The Balaban J connectivity index is 2.08. The predicted octanol–water partition coefficient (Wildman–Crippen LogP) is 3.10. The Hall–Kier alpha value is -0.420. The van der Waals surface area contributed by atoms with Crippen molar-refractivity contribution in [2.75, 3.05) is 12.4 Å². The van der Waals surface area contributed by atoms with Gasteiger partial charge >= 0.3 is 0 Å². The highest BCUT2D eigenvalue weighted by atomic mass is 35.5. The minimum absolute atomic E-state index is 0.0432. The fraction of sp³-hybridized carbons (Fsp3) is 0.462. The lowest BCUT2D eigenvalue weighted by Crippen LogP contribution is -2.27. The van der Waals surface area contributed by atoms with E-state index in [1.165, 1.54) is 6.07 Å². The van der Waals surface area contributed by atoms with Crippen LogP contribution in [0.15, 0.2) is 18.2 Å².